The monoisotopic (exact) mass is 372 g/mol. The summed E-state index contributed by atoms with van der Waals surface area (Å²) in [6.45, 7) is 3.90. The van der Waals surface area contributed by atoms with Crippen LogP contribution in [0, 0.1) is 12.8 Å². The molecule has 0 radical (unpaired) electrons. The van der Waals surface area contributed by atoms with Crippen molar-refractivity contribution in [2.24, 2.45) is 5.92 Å². The van der Waals surface area contributed by atoms with Gasteiger partial charge in [-0.05, 0) is 25.8 Å². The second kappa shape index (κ2) is 7.13. The van der Waals surface area contributed by atoms with Gasteiger partial charge in [0.2, 0.25) is 17.7 Å². The molecule has 9 heteroatoms. The molecule has 0 unspecified atom stereocenters. The SMILES string of the molecule is Cc1ccn(CC(=O)N2CC(c3nc(CCN(C)C(=O)C4CC4)no3)C2)n1. The van der Waals surface area contributed by atoms with Crippen LogP contribution in [0.1, 0.15) is 36.2 Å². The summed E-state index contributed by atoms with van der Waals surface area (Å²) in [5.41, 5.74) is 0.896. The highest BCUT2D eigenvalue weighted by Gasteiger charge is 2.36. The van der Waals surface area contributed by atoms with Crippen LogP contribution in [0.2, 0.25) is 0 Å². The normalized spacial score (nSPS) is 17.0. The van der Waals surface area contributed by atoms with Gasteiger partial charge in [0.15, 0.2) is 5.82 Å². The first-order chi connectivity index (χ1) is 13.0. The average Bonchev–Trinajstić information content (AvgIpc) is 3.22. The van der Waals surface area contributed by atoms with Gasteiger partial charge in [-0.25, -0.2) is 0 Å². The lowest BCUT2D eigenvalue weighted by atomic mass is 10.00. The van der Waals surface area contributed by atoms with Crippen LogP contribution in [0.5, 0.6) is 0 Å². The van der Waals surface area contributed by atoms with Crippen molar-refractivity contribution >= 4 is 11.8 Å². The first kappa shape index (κ1) is 17.7. The van der Waals surface area contributed by atoms with Crippen molar-refractivity contribution in [3.63, 3.8) is 0 Å². The molecule has 1 saturated heterocycles. The van der Waals surface area contributed by atoms with Crippen LogP contribution >= 0.6 is 0 Å². The topological polar surface area (TPSA) is 97.4 Å². The molecule has 2 aromatic rings. The van der Waals surface area contributed by atoms with E-state index >= 15 is 0 Å². The van der Waals surface area contributed by atoms with Crippen molar-refractivity contribution in [2.45, 2.75) is 38.6 Å². The van der Waals surface area contributed by atoms with E-state index < -0.39 is 0 Å². The summed E-state index contributed by atoms with van der Waals surface area (Å²) in [6.07, 6.45) is 4.39. The first-order valence-electron chi connectivity index (χ1n) is 9.35. The Bertz CT molecular complexity index is 834. The molecule has 1 aliphatic heterocycles. The van der Waals surface area contributed by atoms with Crippen LogP contribution in [0.25, 0.3) is 0 Å². The van der Waals surface area contributed by atoms with Gasteiger partial charge in [-0.3, -0.25) is 14.3 Å². The Labute approximate surface area is 157 Å². The van der Waals surface area contributed by atoms with E-state index in [-0.39, 0.29) is 30.2 Å². The largest absolute Gasteiger partial charge is 0.345 e. The van der Waals surface area contributed by atoms with Gasteiger partial charge in [-0.2, -0.15) is 10.1 Å². The molecule has 0 aromatic carbocycles. The number of aryl methyl sites for hydroxylation is 1. The summed E-state index contributed by atoms with van der Waals surface area (Å²) < 4.78 is 7.00. The standard InChI is InChI=1S/C18H24N6O3/c1-12-5-8-24(20-12)11-16(25)23-9-14(10-23)17-19-15(21-27-17)6-7-22(2)18(26)13-3-4-13/h5,8,13-14H,3-4,6-7,9-11H2,1-2H3. The maximum absolute atomic E-state index is 12.2. The number of hydrogen-bond donors (Lipinski definition) is 0. The molecule has 1 aliphatic carbocycles. The van der Waals surface area contributed by atoms with Crippen molar-refractivity contribution in [3.05, 3.63) is 29.7 Å². The van der Waals surface area contributed by atoms with E-state index in [0.29, 0.717) is 37.8 Å². The van der Waals surface area contributed by atoms with Crippen molar-refractivity contribution in [2.75, 3.05) is 26.7 Å². The zero-order chi connectivity index (χ0) is 19.0. The van der Waals surface area contributed by atoms with E-state index in [1.807, 2.05) is 20.0 Å². The van der Waals surface area contributed by atoms with E-state index in [1.54, 1.807) is 20.7 Å². The molecule has 0 N–H and O–H groups in total. The Balaban J connectivity index is 1.22. The predicted octanol–water partition coefficient (Wildman–Crippen LogP) is 0.611. The Morgan fingerprint density at radius 3 is 2.78 bits per heavy atom. The zero-order valence-electron chi connectivity index (χ0n) is 15.7. The molecule has 0 atom stereocenters. The van der Waals surface area contributed by atoms with E-state index in [2.05, 4.69) is 15.2 Å². The van der Waals surface area contributed by atoms with Crippen LogP contribution in [0.3, 0.4) is 0 Å². The molecule has 2 aliphatic rings. The van der Waals surface area contributed by atoms with Crippen LogP contribution < -0.4 is 0 Å². The number of likely N-dealkylation sites (N-methyl/N-ethyl adjacent to an activating group) is 1. The first-order valence-corrected chi connectivity index (χ1v) is 9.35. The van der Waals surface area contributed by atoms with Gasteiger partial charge in [0, 0.05) is 45.2 Å². The highest BCUT2D eigenvalue weighted by atomic mass is 16.5. The smallest absolute Gasteiger partial charge is 0.244 e. The summed E-state index contributed by atoms with van der Waals surface area (Å²) in [5.74, 6) is 1.73. The van der Waals surface area contributed by atoms with Gasteiger partial charge in [0.25, 0.3) is 0 Å². The molecule has 1 saturated carbocycles. The fourth-order valence-corrected chi connectivity index (χ4v) is 3.18. The number of amides is 2. The Morgan fingerprint density at radius 1 is 1.33 bits per heavy atom. The Kier molecular flexibility index (Phi) is 4.67. The average molecular weight is 372 g/mol. The van der Waals surface area contributed by atoms with Gasteiger partial charge in [0.05, 0.1) is 11.6 Å². The summed E-state index contributed by atoms with van der Waals surface area (Å²) in [5, 5.41) is 8.24. The zero-order valence-corrected chi connectivity index (χ0v) is 15.7. The molecule has 144 valence electrons. The number of rotatable bonds is 7. The molecule has 3 heterocycles. The highest BCUT2D eigenvalue weighted by molar-refractivity contribution is 5.80. The molecule has 0 bridgehead atoms. The van der Waals surface area contributed by atoms with Crippen LogP contribution in [-0.2, 0) is 22.6 Å². The van der Waals surface area contributed by atoms with Crippen molar-refractivity contribution < 1.29 is 14.1 Å². The van der Waals surface area contributed by atoms with Gasteiger partial charge < -0.3 is 14.3 Å². The van der Waals surface area contributed by atoms with Crippen LogP contribution in [0.15, 0.2) is 16.8 Å². The van der Waals surface area contributed by atoms with Crippen LogP contribution in [0.4, 0.5) is 0 Å². The summed E-state index contributed by atoms with van der Waals surface area (Å²) in [7, 11) is 1.82. The second-order valence-corrected chi connectivity index (χ2v) is 7.48. The van der Waals surface area contributed by atoms with Crippen LogP contribution in [-0.4, -0.2) is 68.2 Å². The van der Waals surface area contributed by atoms with Crippen molar-refractivity contribution in [1.82, 2.24) is 29.7 Å². The highest BCUT2D eigenvalue weighted by Crippen LogP contribution is 2.30. The Hall–Kier alpha value is -2.71. The molecule has 27 heavy (non-hydrogen) atoms. The number of carbonyl (C=O) groups is 2. The third kappa shape index (κ3) is 4.01. The summed E-state index contributed by atoms with van der Waals surface area (Å²) >= 11 is 0. The molecule has 2 amide bonds. The quantitative estimate of drug-likeness (QED) is 0.706. The summed E-state index contributed by atoms with van der Waals surface area (Å²) in [4.78, 5) is 32.1. The van der Waals surface area contributed by atoms with E-state index in [4.69, 9.17) is 4.52 Å². The van der Waals surface area contributed by atoms with E-state index in [1.165, 1.54) is 0 Å². The maximum atomic E-state index is 12.2. The van der Waals surface area contributed by atoms with Gasteiger partial charge in [-0.15, -0.1) is 0 Å². The van der Waals surface area contributed by atoms with Gasteiger partial charge in [0.1, 0.15) is 6.54 Å². The fourth-order valence-electron chi connectivity index (χ4n) is 3.18. The van der Waals surface area contributed by atoms with Crippen molar-refractivity contribution in [1.29, 1.82) is 0 Å². The summed E-state index contributed by atoms with van der Waals surface area (Å²) in [6, 6.07) is 1.88. The molecule has 9 nitrogen and oxygen atoms in total. The van der Waals surface area contributed by atoms with Crippen molar-refractivity contribution in [3.8, 4) is 0 Å². The molecular formula is C18H24N6O3. The lowest BCUT2D eigenvalue weighted by molar-refractivity contribution is -0.136. The number of aromatic nitrogens is 4. The fraction of sp³-hybridized carbons (Fsp3) is 0.611. The lowest BCUT2D eigenvalue weighted by Crippen LogP contribution is -2.49. The third-order valence-corrected chi connectivity index (χ3v) is 5.11. The predicted molar refractivity (Wildman–Crippen MR) is 94.6 cm³/mol. The minimum absolute atomic E-state index is 0.0364. The number of likely N-dealkylation sites (tertiary alicyclic amines) is 1. The van der Waals surface area contributed by atoms with E-state index in [9.17, 15) is 9.59 Å². The van der Waals surface area contributed by atoms with E-state index in [0.717, 1.165) is 18.5 Å². The maximum Gasteiger partial charge on any atom is 0.244 e. The number of hydrogen-bond acceptors (Lipinski definition) is 6. The molecule has 4 rings (SSSR count). The molecule has 0 spiro atoms. The molecule has 2 fully saturated rings. The lowest BCUT2D eigenvalue weighted by Gasteiger charge is -2.37. The minimum Gasteiger partial charge on any atom is -0.345 e. The van der Waals surface area contributed by atoms with Gasteiger partial charge >= 0.3 is 0 Å². The number of carbonyl (C=O) groups excluding carboxylic acids is 2. The second-order valence-electron chi connectivity index (χ2n) is 7.48. The van der Waals surface area contributed by atoms with Gasteiger partial charge in [-0.1, -0.05) is 5.16 Å². The Morgan fingerprint density at radius 2 is 2.11 bits per heavy atom. The molecular weight excluding hydrogens is 348 g/mol. The minimum atomic E-state index is 0.0364. The molecule has 2 aromatic heterocycles. The third-order valence-electron chi connectivity index (χ3n) is 5.11. The number of nitrogens with zero attached hydrogens (tertiary/aromatic N) is 6.